The fraction of sp³-hybridized carbons (Fsp3) is 0.474. The molecule has 1 saturated heterocycles. The third-order valence-corrected chi connectivity index (χ3v) is 4.55. The summed E-state index contributed by atoms with van der Waals surface area (Å²) in [5.74, 6) is -1.93. The number of methoxy groups -OCH3 is 2. The van der Waals surface area contributed by atoms with Crippen LogP contribution < -0.4 is 10.6 Å². The van der Waals surface area contributed by atoms with E-state index in [0.717, 1.165) is 5.56 Å². The van der Waals surface area contributed by atoms with Crippen LogP contribution in [-0.2, 0) is 35.1 Å². The number of benzene rings is 1. The smallest absolute Gasteiger partial charge is 0.329 e. The summed E-state index contributed by atoms with van der Waals surface area (Å²) in [7, 11) is 2.48. The van der Waals surface area contributed by atoms with Crippen LogP contribution in [0.2, 0.25) is 0 Å². The Hall–Kier alpha value is -2.94. The Bertz CT molecular complexity index is 724. The zero-order valence-corrected chi connectivity index (χ0v) is 16.1. The maximum Gasteiger partial charge on any atom is 0.329 e. The van der Waals surface area contributed by atoms with Gasteiger partial charge in [-0.25, -0.2) is 4.79 Å². The van der Waals surface area contributed by atoms with Crippen molar-refractivity contribution in [1.82, 2.24) is 15.5 Å². The van der Waals surface area contributed by atoms with Crippen molar-refractivity contribution in [2.24, 2.45) is 0 Å². The van der Waals surface area contributed by atoms with Crippen LogP contribution in [-0.4, -0.2) is 67.7 Å². The molecule has 2 rings (SSSR count). The highest BCUT2D eigenvalue weighted by Crippen LogP contribution is 2.13. The minimum absolute atomic E-state index is 0.106. The molecule has 9 nitrogen and oxygen atoms in total. The van der Waals surface area contributed by atoms with Crippen molar-refractivity contribution in [1.29, 1.82) is 0 Å². The Morgan fingerprint density at radius 3 is 2.50 bits per heavy atom. The predicted molar refractivity (Wildman–Crippen MR) is 98.8 cm³/mol. The monoisotopic (exact) mass is 391 g/mol. The number of hydrogen-bond donors (Lipinski definition) is 2. The number of ether oxygens (including phenoxy) is 2. The average Bonchev–Trinajstić information content (AvgIpc) is 2.72. The fourth-order valence-electron chi connectivity index (χ4n) is 3.04. The molecule has 0 spiro atoms. The number of amides is 2. The van der Waals surface area contributed by atoms with E-state index in [4.69, 9.17) is 9.47 Å². The first-order valence-corrected chi connectivity index (χ1v) is 8.90. The molecule has 1 heterocycles. The largest absolute Gasteiger partial charge is 0.468 e. The van der Waals surface area contributed by atoms with Gasteiger partial charge in [-0.3, -0.25) is 19.7 Å². The van der Waals surface area contributed by atoms with E-state index in [1.165, 1.54) is 19.1 Å². The van der Waals surface area contributed by atoms with Gasteiger partial charge in [0.25, 0.3) is 0 Å². The second-order valence-corrected chi connectivity index (χ2v) is 6.46. The molecule has 2 N–H and O–H groups in total. The van der Waals surface area contributed by atoms with Gasteiger partial charge >= 0.3 is 11.9 Å². The minimum atomic E-state index is -0.999. The molecule has 9 heteroatoms. The molecule has 3 atom stereocenters. The molecule has 0 saturated carbocycles. The van der Waals surface area contributed by atoms with E-state index in [0.29, 0.717) is 6.42 Å². The molecule has 0 bridgehead atoms. The zero-order valence-electron chi connectivity index (χ0n) is 16.1. The number of carbonyl (C=O) groups is 4. The van der Waals surface area contributed by atoms with Gasteiger partial charge in [0.2, 0.25) is 11.8 Å². The lowest BCUT2D eigenvalue weighted by Gasteiger charge is -2.35. The molecule has 1 fully saturated rings. The predicted octanol–water partition coefficient (Wildman–Crippen LogP) is -0.404. The SMILES string of the molecule is COC(=O)[C@H](Cc1ccccc1)NC(C)C(=O)N1CNC(=O)C[C@H]1C(=O)OC. The van der Waals surface area contributed by atoms with Gasteiger partial charge in [0.15, 0.2) is 0 Å². The van der Waals surface area contributed by atoms with Gasteiger partial charge in [0, 0.05) is 0 Å². The highest BCUT2D eigenvalue weighted by Gasteiger charge is 2.38. The van der Waals surface area contributed by atoms with Crippen LogP contribution >= 0.6 is 0 Å². The lowest BCUT2D eigenvalue weighted by molar-refractivity contribution is -0.158. The van der Waals surface area contributed by atoms with E-state index < -0.39 is 36.0 Å². The summed E-state index contributed by atoms with van der Waals surface area (Å²) in [6, 6.07) is 6.78. The number of nitrogens with one attached hydrogen (secondary N) is 2. The van der Waals surface area contributed by atoms with Crippen LogP contribution in [0.4, 0.5) is 0 Å². The third kappa shape index (κ3) is 5.29. The third-order valence-electron chi connectivity index (χ3n) is 4.55. The molecular formula is C19H25N3O6. The Kier molecular flexibility index (Phi) is 7.51. The van der Waals surface area contributed by atoms with Crippen LogP contribution in [0.1, 0.15) is 18.9 Å². The van der Waals surface area contributed by atoms with Crippen LogP contribution in [0.25, 0.3) is 0 Å². The summed E-state index contributed by atoms with van der Waals surface area (Å²) in [6.07, 6.45) is 0.165. The summed E-state index contributed by atoms with van der Waals surface area (Å²) in [5.41, 5.74) is 0.905. The van der Waals surface area contributed by atoms with E-state index in [1.54, 1.807) is 6.92 Å². The van der Waals surface area contributed by atoms with Crippen LogP contribution in [0.3, 0.4) is 0 Å². The molecule has 0 aliphatic carbocycles. The maximum atomic E-state index is 12.9. The first kappa shape index (κ1) is 21.4. The van der Waals surface area contributed by atoms with Gasteiger partial charge in [-0.1, -0.05) is 30.3 Å². The van der Waals surface area contributed by atoms with Crippen molar-refractivity contribution in [3.8, 4) is 0 Å². The summed E-state index contributed by atoms with van der Waals surface area (Å²) in [4.78, 5) is 49.9. The van der Waals surface area contributed by atoms with Crippen molar-refractivity contribution in [3.05, 3.63) is 35.9 Å². The summed E-state index contributed by atoms with van der Waals surface area (Å²) in [6.45, 7) is 1.49. The van der Waals surface area contributed by atoms with Crippen LogP contribution in [0, 0.1) is 0 Å². The highest BCUT2D eigenvalue weighted by molar-refractivity contribution is 5.93. The minimum Gasteiger partial charge on any atom is -0.468 e. The lowest BCUT2D eigenvalue weighted by Crippen LogP contribution is -2.61. The molecule has 1 aromatic carbocycles. The van der Waals surface area contributed by atoms with Crippen molar-refractivity contribution < 1.29 is 28.7 Å². The van der Waals surface area contributed by atoms with Crippen molar-refractivity contribution in [2.75, 3.05) is 20.9 Å². The molecule has 1 unspecified atom stereocenters. The summed E-state index contributed by atoms with van der Waals surface area (Å²) >= 11 is 0. The number of rotatable bonds is 7. The molecule has 28 heavy (non-hydrogen) atoms. The number of carbonyl (C=O) groups excluding carboxylic acids is 4. The van der Waals surface area contributed by atoms with E-state index in [9.17, 15) is 19.2 Å². The molecule has 1 aliphatic rings. The maximum absolute atomic E-state index is 12.9. The first-order valence-electron chi connectivity index (χ1n) is 8.90. The Labute approximate surface area is 163 Å². The number of hydrogen-bond acceptors (Lipinski definition) is 7. The molecule has 2 amide bonds. The Morgan fingerprint density at radius 2 is 1.89 bits per heavy atom. The highest BCUT2D eigenvalue weighted by atomic mass is 16.5. The molecular weight excluding hydrogens is 366 g/mol. The van der Waals surface area contributed by atoms with Gasteiger partial charge in [-0.15, -0.1) is 0 Å². The fourth-order valence-corrected chi connectivity index (χ4v) is 3.04. The quantitative estimate of drug-likeness (QED) is 0.608. The summed E-state index contributed by atoms with van der Waals surface area (Å²) in [5, 5.41) is 5.51. The van der Waals surface area contributed by atoms with Crippen LogP contribution in [0.15, 0.2) is 30.3 Å². The molecule has 1 aromatic rings. The number of esters is 2. The second kappa shape index (κ2) is 9.84. The van der Waals surface area contributed by atoms with Gasteiger partial charge in [0.05, 0.1) is 33.4 Å². The van der Waals surface area contributed by atoms with Gasteiger partial charge in [-0.05, 0) is 18.9 Å². The van der Waals surface area contributed by atoms with Crippen LogP contribution in [0.5, 0.6) is 0 Å². The average molecular weight is 391 g/mol. The normalized spacial score (nSPS) is 18.6. The second-order valence-electron chi connectivity index (χ2n) is 6.46. The topological polar surface area (TPSA) is 114 Å². The Morgan fingerprint density at radius 1 is 1.21 bits per heavy atom. The first-order chi connectivity index (χ1) is 13.4. The van der Waals surface area contributed by atoms with E-state index in [-0.39, 0.29) is 19.0 Å². The van der Waals surface area contributed by atoms with E-state index in [2.05, 4.69) is 10.6 Å². The summed E-state index contributed by atoms with van der Waals surface area (Å²) < 4.78 is 9.55. The molecule has 152 valence electrons. The molecule has 0 aromatic heterocycles. The molecule has 0 radical (unpaired) electrons. The standard InChI is InChI=1S/C19H25N3O6/c1-12(17(24)22-11-20-16(23)10-15(22)19(26)28-3)21-14(18(25)27-2)9-13-7-5-4-6-8-13/h4-8,12,14-15,21H,9-11H2,1-3H3,(H,20,23)/t12?,14-,15-/m0/s1. The zero-order chi connectivity index (χ0) is 20.7. The van der Waals surface area contributed by atoms with Gasteiger partial charge < -0.3 is 19.7 Å². The van der Waals surface area contributed by atoms with E-state index >= 15 is 0 Å². The van der Waals surface area contributed by atoms with Gasteiger partial charge in [0.1, 0.15) is 12.1 Å². The van der Waals surface area contributed by atoms with E-state index in [1.807, 2.05) is 30.3 Å². The lowest BCUT2D eigenvalue weighted by atomic mass is 10.0. The van der Waals surface area contributed by atoms with Crippen molar-refractivity contribution in [3.63, 3.8) is 0 Å². The van der Waals surface area contributed by atoms with Crippen molar-refractivity contribution >= 4 is 23.8 Å². The van der Waals surface area contributed by atoms with Gasteiger partial charge in [-0.2, -0.15) is 0 Å². The molecule has 1 aliphatic heterocycles. The van der Waals surface area contributed by atoms with Crippen molar-refractivity contribution in [2.45, 2.75) is 37.9 Å². The number of nitrogens with zero attached hydrogens (tertiary/aromatic N) is 1. The Balaban J connectivity index is 2.11.